The highest BCUT2D eigenvalue weighted by atomic mass is 79.9. The molecule has 2 aromatic carbocycles. The number of halogens is 3. The van der Waals surface area contributed by atoms with Crippen LogP contribution >= 0.6 is 39.1 Å². The summed E-state index contributed by atoms with van der Waals surface area (Å²) >= 11 is 15.2. The first-order chi connectivity index (χ1) is 10.0. The van der Waals surface area contributed by atoms with E-state index in [1.807, 2.05) is 0 Å². The molecule has 0 heterocycles. The van der Waals surface area contributed by atoms with Crippen LogP contribution < -0.4 is 9.47 Å². The molecule has 0 N–H and O–H groups in total. The molecule has 0 spiro atoms. The average Bonchev–Trinajstić information content (AvgIpc) is 2.46. The van der Waals surface area contributed by atoms with Crippen molar-refractivity contribution in [2.45, 2.75) is 0 Å². The van der Waals surface area contributed by atoms with E-state index < -0.39 is 0 Å². The maximum absolute atomic E-state index is 12.1. The lowest BCUT2D eigenvalue weighted by molar-refractivity contribution is 0.0921. The molecule has 0 aliphatic carbocycles. The van der Waals surface area contributed by atoms with Crippen molar-refractivity contribution in [1.82, 2.24) is 0 Å². The predicted octanol–water partition coefficient (Wildman–Crippen LogP) is 5.03. The van der Waals surface area contributed by atoms with Gasteiger partial charge in [0.25, 0.3) is 0 Å². The third kappa shape index (κ3) is 4.13. The number of hydrogen-bond donors (Lipinski definition) is 0. The van der Waals surface area contributed by atoms with Gasteiger partial charge in [-0.3, -0.25) is 4.79 Å². The van der Waals surface area contributed by atoms with Crippen molar-refractivity contribution >= 4 is 44.9 Å². The minimum absolute atomic E-state index is 0.0944. The first-order valence-electron chi connectivity index (χ1n) is 5.96. The van der Waals surface area contributed by atoms with Crippen molar-refractivity contribution in [2.24, 2.45) is 0 Å². The van der Waals surface area contributed by atoms with E-state index in [4.69, 9.17) is 32.7 Å². The molecule has 0 unspecified atom stereocenters. The molecule has 2 rings (SSSR count). The molecule has 21 heavy (non-hydrogen) atoms. The predicted molar refractivity (Wildman–Crippen MR) is 87.0 cm³/mol. The van der Waals surface area contributed by atoms with Gasteiger partial charge < -0.3 is 9.47 Å². The number of rotatable bonds is 5. The topological polar surface area (TPSA) is 35.5 Å². The number of ketones is 1. The van der Waals surface area contributed by atoms with Gasteiger partial charge in [-0.1, -0.05) is 23.2 Å². The fourth-order valence-corrected chi connectivity index (χ4v) is 2.71. The van der Waals surface area contributed by atoms with Crippen LogP contribution in [0.5, 0.6) is 11.5 Å². The third-order valence-electron chi connectivity index (χ3n) is 2.73. The second kappa shape index (κ2) is 7.16. The van der Waals surface area contributed by atoms with Crippen molar-refractivity contribution in [2.75, 3.05) is 13.7 Å². The summed E-state index contributed by atoms with van der Waals surface area (Å²) < 4.78 is 11.2. The van der Waals surface area contributed by atoms with Gasteiger partial charge in [0.2, 0.25) is 0 Å². The monoisotopic (exact) mass is 388 g/mol. The average molecular weight is 390 g/mol. The zero-order valence-corrected chi connectivity index (χ0v) is 14.1. The number of carbonyl (C=O) groups is 1. The largest absolute Gasteiger partial charge is 0.495 e. The molecule has 0 aliphatic rings. The summed E-state index contributed by atoms with van der Waals surface area (Å²) in [5.41, 5.74) is 0.464. The van der Waals surface area contributed by atoms with Crippen molar-refractivity contribution in [3.05, 3.63) is 56.5 Å². The van der Waals surface area contributed by atoms with E-state index in [1.54, 1.807) is 36.4 Å². The summed E-state index contributed by atoms with van der Waals surface area (Å²) in [4.78, 5) is 12.1. The molecule has 3 nitrogen and oxygen atoms in total. The molecule has 0 aliphatic heterocycles. The van der Waals surface area contributed by atoms with Gasteiger partial charge in [-0.25, -0.2) is 0 Å². The van der Waals surface area contributed by atoms with Crippen molar-refractivity contribution < 1.29 is 14.3 Å². The van der Waals surface area contributed by atoms with E-state index in [0.717, 1.165) is 0 Å². The Morgan fingerprint density at radius 1 is 1.14 bits per heavy atom. The first-order valence-corrected chi connectivity index (χ1v) is 7.50. The number of methoxy groups -OCH3 is 1. The lowest BCUT2D eigenvalue weighted by Gasteiger charge is -2.09. The first kappa shape index (κ1) is 16.1. The SMILES string of the molecule is COc1ccc(C(=O)COc2ccc(Cl)cc2Br)cc1Cl. The Balaban J connectivity index is 2.06. The number of carbonyl (C=O) groups excluding carboxylic acids is 1. The van der Waals surface area contributed by atoms with E-state index in [0.29, 0.717) is 31.6 Å². The molecule has 0 atom stereocenters. The highest BCUT2D eigenvalue weighted by Crippen LogP contribution is 2.28. The number of Topliss-reactive ketones (excluding diaryl/α,β-unsaturated/α-hetero) is 1. The fourth-order valence-electron chi connectivity index (χ4n) is 1.66. The van der Waals surface area contributed by atoms with Crippen molar-refractivity contribution in [3.63, 3.8) is 0 Å². The van der Waals surface area contributed by atoms with Crippen LogP contribution in [0.25, 0.3) is 0 Å². The van der Waals surface area contributed by atoms with Gasteiger partial charge >= 0.3 is 0 Å². The van der Waals surface area contributed by atoms with Crippen LogP contribution in [0, 0.1) is 0 Å². The van der Waals surface area contributed by atoms with Crippen LogP contribution in [0.4, 0.5) is 0 Å². The third-order valence-corrected chi connectivity index (χ3v) is 3.88. The molecule has 2 aromatic rings. The molecule has 0 aromatic heterocycles. The second-order valence-corrected chi connectivity index (χ2v) is 5.83. The van der Waals surface area contributed by atoms with Crippen LogP contribution in [0.2, 0.25) is 10.0 Å². The minimum Gasteiger partial charge on any atom is -0.495 e. The van der Waals surface area contributed by atoms with E-state index in [1.165, 1.54) is 7.11 Å². The van der Waals surface area contributed by atoms with E-state index >= 15 is 0 Å². The Bertz CT molecular complexity index is 674. The summed E-state index contributed by atoms with van der Waals surface area (Å²) in [6.45, 7) is -0.0944. The van der Waals surface area contributed by atoms with E-state index in [-0.39, 0.29) is 12.4 Å². The van der Waals surface area contributed by atoms with Gasteiger partial charge in [-0.05, 0) is 52.3 Å². The Hall–Kier alpha value is -1.23. The number of hydrogen-bond acceptors (Lipinski definition) is 3. The maximum atomic E-state index is 12.1. The smallest absolute Gasteiger partial charge is 0.200 e. The highest BCUT2D eigenvalue weighted by Gasteiger charge is 2.11. The molecule has 0 radical (unpaired) electrons. The van der Waals surface area contributed by atoms with Crippen LogP contribution in [0.1, 0.15) is 10.4 Å². The van der Waals surface area contributed by atoms with Crippen LogP contribution in [-0.4, -0.2) is 19.5 Å². The lowest BCUT2D eigenvalue weighted by Crippen LogP contribution is -2.11. The zero-order valence-electron chi connectivity index (χ0n) is 11.0. The van der Waals surface area contributed by atoms with Gasteiger partial charge in [0, 0.05) is 10.6 Å². The number of ether oxygens (including phenoxy) is 2. The zero-order chi connectivity index (χ0) is 15.4. The summed E-state index contributed by atoms with van der Waals surface area (Å²) in [6.07, 6.45) is 0. The molecule has 6 heteroatoms. The van der Waals surface area contributed by atoms with Gasteiger partial charge in [-0.2, -0.15) is 0 Å². The maximum Gasteiger partial charge on any atom is 0.200 e. The fraction of sp³-hybridized carbons (Fsp3) is 0.133. The quantitative estimate of drug-likeness (QED) is 0.673. The van der Waals surface area contributed by atoms with Gasteiger partial charge in [-0.15, -0.1) is 0 Å². The van der Waals surface area contributed by atoms with Crippen LogP contribution in [-0.2, 0) is 0 Å². The van der Waals surface area contributed by atoms with Gasteiger partial charge in [0.1, 0.15) is 11.5 Å². The molecular weight excluding hydrogens is 379 g/mol. The van der Waals surface area contributed by atoms with E-state index in [9.17, 15) is 4.79 Å². The second-order valence-electron chi connectivity index (χ2n) is 4.14. The molecule has 0 saturated heterocycles. The molecule has 0 amide bonds. The molecular formula is C15H11BrCl2O3. The molecule has 0 saturated carbocycles. The molecule has 110 valence electrons. The van der Waals surface area contributed by atoms with Crippen LogP contribution in [0.3, 0.4) is 0 Å². The Kier molecular flexibility index (Phi) is 5.51. The Morgan fingerprint density at radius 2 is 1.86 bits per heavy atom. The standard InChI is InChI=1S/C15H11BrCl2O3/c1-20-15-4-2-9(6-12(15)18)13(19)8-21-14-5-3-10(17)7-11(14)16/h2-7H,8H2,1H3. The summed E-state index contributed by atoms with van der Waals surface area (Å²) in [7, 11) is 1.52. The lowest BCUT2D eigenvalue weighted by atomic mass is 10.1. The Morgan fingerprint density at radius 3 is 2.48 bits per heavy atom. The Labute approximate surface area is 140 Å². The molecule has 0 fully saturated rings. The van der Waals surface area contributed by atoms with Crippen molar-refractivity contribution in [3.8, 4) is 11.5 Å². The summed E-state index contributed by atoms with van der Waals surface area (Å²) in [6, 6.07) is 9.94. The van der Waals surface area contributed by atoms with Crippen LogP contribution in [0.15, 0.2) is 40.9 Å². The van der Waals surface area contributed by atoms with Crippen molar-refractivity contribution in [1.29, 1.82) is 0 Å². The van der Waals surface area contributed by atoms with Gasteiger partial charge in [0.05, 0.1) is 16.6 Å². The summed E-state index contributed by atoms with van der Waals surface area (Å²) in [5.74, 6) is 0.892. The van der Waals surface area contributed by atoms with E-state index in [2.05, 4.69) is 15.9 Å². The normalized spacial score (nSPS) is 10.3. The highest BCUT2D eigenvalue weighted by molar-refractivity contribution is 9.10. The summed E-state index contributed by atoms with van der Waals surface area (Å²) in [5, 5.41) is 0.971. The molecule has 0 bridgehead atoms. The van der Waals surface area contributed by atoms with Gasteiger partial charge in [0.15, 0.2) is 12.4 Å². The number of benzene rings is 2. The minimum atomic E-state index is -0.179.